The average molecular weight is 347 g/mol. The van der Waals surface area contributed by atoms with E-state index in [1.807, 2.05) is 0 Å². The van der Waals surface area contributed by atoms with E-state index >= 15 is 0 Å². The molecule has 1 aliphatic rings. The van der Waals surface area contributed by atoms with Crippen LogP contribution in [0.1, 0.15) is 18.4 Å². The maximum absolute atomic E-state index is 12.3. The van der Waals surface area contributed by atoms with Crippen LogP contribution < -0.4 is 9.46 Å². The van der Waals surface area contributed by atoms with Gasteiger partial charge in [0.25, 0.3) is 0 Å². The Balaban J connectivity index is 1.97. The van der Waals surface area contributed by atoms with Crippen LogP contribution in [0.4, 0.5) is 0 Å². The third-order valence-corrected chi connectivity index (χ3v) is 7.30. The molecule has 0 radical (unpaired) electrons. The highest BCUT2D eigenvalue weighted by molar-refractivity contribution is 7.91. The van der Waals surface area contributed by atoms with E-state index in [1.54, 1.807) is 19.1 Å². The van der Waals surface area contributed by atoms with Gasteiger partial charge in [0.2, 0.25) is 10.0 Å². The molecule has 1 heterocycles. The van der Waals surface area contributed by atoms with E-state index in [2.05, 4.69) is 4.72 Å². The van der Waals surface area contributed by atoms with Crippen molar-refractivity contribution in [2.75, 3.05) is 25.2 Å². The first-order valence-corrected chi connectivity index (χ1v) is 10.4. The number of sulfonamides is 1. The molecule has 1 aromatic rings. The molecule has 1 fully saturated rings. The molecular weight excluding hydrogens is 326 g/mol. The summed E-state index contributed by atoms with van der Waals surface area (Å²) in [4.78, 5) is 0.215. The van der Waals surface area contributed by atoms with Crippen molar-refractivity contribution in [3.05, 3.63) is 23.8 Å². The Labute approximate surface area is 131 Å². The van der Waals surface area contributed by atoms with E-state index in [1.165, 1.54) is 13.2 Å². The molecular formula is C14H21NO5S2. The number of sulfone groups is 1. The number of rotatable bonds is 6. The van der Waals surface area contributed by atoms with Gasteiger partial charge in [0.05, 0.1) is 23.5 Å². The van der Waals surface area contributed by atoms with E-state index in [0.29, 0.717) is 24.2 Å². The van der Waals surface area contributed by atoms with E-state index in [9.17, 15) is 16.8 Å². The predicted octanol–water partition coefficient (Wildman–Crippen LogP) is 1.11. The molecule has 22 heavy (non-hydrogen) atoms. The van der Waals surface area contributed by atoms with Gasteiger partial charge in [-0.05, 0) is 49.4 Å². The Hall–Kier alpha value is -1.12. The second kappa shape index (κ2) is 6.55. The minimum Gasteiger partial charge on any atom is -0.497 e. The zero-order valence-corrected chi connectivity index (χ0v) is 14.3. The molecule has 8 heteroatoms. The smallest absolute Gasteiger partial charge is 0.240 e. The summed E-state index contributed by atoms with van der Waals surface area (Å²) in [6.07, 6.45) is 1.15. The molecule has 1 atom stereocenters. The standard InChI is InChI=1S/C14H21NO5S2/c1-11-9-13(20-2)3-4-14(11)22(18,19)15-7-5-12-6-8-21(16,17)10-12/h3-4,9,12,15H,5-8,10H2,1-2H3. The van der Waals surface area contributed by atoms with Crippen molar-refractivity contribution >= 4 is 19.9 Å². The number of benzene rings is 1. The van der Waals surface area contributed by atoms with Crippen LogP contribution in [-0.2, 0) is 19.9 Å². The SMILES string of the molecule is COc1ccc(S(=O)(=O)NCCC2CCS(=O)(=O)C2)c(C)c1. The second-order valence-electron chi connectivity index (χ2n) is 5.59. The quantitative estimate of drug-likeness (QED) is 0.832. The maximum atomic E-state index is 12.3. The van der Waals surface area contributed by atoms with E-state index in [0.717, 1.165) is 0 Å². The van der Waals surface area contributed by atoms with Crippen molar-refractivity contribution in [1.29, 1.82) is 0 Å². The number of ether oxygens (including phenoxy) is 1. The summed E-state index contributed by atoms with van der Waals surface area (Å²) in [5.74, 6) is 1.02. The summed E-state index contributed by atoms with van der Waals surface area (Å²) in [5.41, 5.74) is 0.607. The van der Waals surface area contributed by atoms with Gasteiger partial charge in [0.15, 0.2) is 9.84 Å². The minimum atomic E-state index is -3.59. The molecule has 1 aromatic carbocycles. The van der Waals surface area contributed by atoms with Gasteiger partial charge in [-0.3, -0.25) is 0 Å². The van der Waals surface area contributed by atoms with Crippen molar-refractivity contribution in [2.24, 2.45) is 5.92 Å². The number of aryl methyl sites for hydroxylation is 1. The van der Waals surface area contributed by atoms with Crippen molar-refractivity contribution in [3.8, 4) is 5.75 Å². The van der Waals surface area contributed by atoms with E-state index in [4.69, 9.17) is 4.74 Å². The zero-order chi connectivity index (χ0) is 16.4. The largest absolute Gasteiger partial charge is 0.497 e. The first-order chi connectivity index (χ1) is 10.2. The van der Waals surface area contributed by atoms with Crippen LogP contribution in [0.25, 0.3) is 0 Å². The monoisotopic (exact) mass is 347 g/mol. The summed E-state index contributed by atoms with van der Waals surface area (Å²) in [7, 11) is -4.99. The summed E-state index contributed by atoms with van der Waals surface area (Å²) in [6, 6.07) is 4.78. The second-order valence-corrected chi connectivity index (χ2v) is 9.55. The fourth-order valence-corrected chi connectivity index (χ4v) is 5.81. The molecule has 0 bridgehead atoms. The van der Waals surface area contributed by atoms with Crippen LogP contribution in [0.5, 0.6) is 5.75 Å². The molecule has 124 valence electrons. The first kappa shape index (κ1) is 17.2. The minimum absolute atomic E-state index is 0.0460. The first-order valence-electron chi connectivity index (χ1n) is 7.08. The van der Waals surface area contributed by atoms with E-state index in [-0.39, 0.29) is 28.9 Å². The summed E-state index contributed by atoms with van der Waals surface area (Å²) in [5, 5.41) is 0. The Bertz CT molecular complexity index is 740. The molecule has 0 amide bonds. The fourth-order valence-electron chi connectivity index (χ4n) is 2.63. The van der Waals surface area contributed by atoms with Crippen LogP contribution in [0, 0.1) is 12.8 Å². The molecule has 1 aliphatic heterocycles. The Morgan fingerprint density at radius 2 is 2.09 bits per heavy atom. The van der Waals surface area contributed by atoms with Crippen LogP contribution in [0.15, 0.2) is 23.1 Å². The van der Waals surface area contributed by atoms with Gasteiger partial charge in [-0.15, -0.1) is 0 Å². The molecule has 2 rings (SSSR count). The molecule has 1 N–H and O–H groups in total. The number of methoxy groups -OCH3 is 1. The Morgan fingerprint density at radius 3 is 2.64 bits per heavy atom. The van der Waals surface area contributed by atoms with Crippen LogP contribution in [-0.4, -0.2) is 42.0 Å². The predicted molar refractivity (Wildman–Crippen MR) is 84.3 cm³/mol. The van der Waals surface area contributed by atoms with Gasteiger partial charge in [0.1, 0.15) is 5.75 Å². The lowest BCUT2D eigenvalue weighted by molar-refractivity contribution is 0.414. The normalized spacial score (nSPS) is 20.9. The summed E-state index contributed by atoms with van der Waals surface area (Å²) < 4.78 is 54.9. The molecule has 0 aliphatic carbocycles. The molecule has 1 saturated heterocycles. The maximum Gasteiger partial charge on any atom is 0.240 e. The molecule has 6 nitrogen and oxygen atoms in total. The van der Waals surface area contributed by atoms with Gasteiger partial charge in [-0.2, -0.15) is 0 Å². The van der Waals surface area contributed by atoms with Gasteiger partial charge in [0, 0.05) is 6.54 Å². The highest BCUT2D eigenvalue weighted by atomic mass is 32.2. The van der Waals surface area contributed by atoms with Gasteiger partial charge >= 0.3 is 0 Å². The molecule has 0 spiro atoms. The van der Waals surface area contributed by atoms with Crippen LogP contribution in [0.2, 0.25) is 0 Å². The average Bonchev–Trinajstić information content (AvgIpc) is 2.77. The highest BCUT2D eigenvalue weighted by Gasteiger charge is 2.28. The lowest BCUT2D eigenvalue weighted by Crippen LogP contribution is -2.27. The Morgan fingerprint density at radius 1 is 1.36 bits per heavy atom. The lowest BCUT2D eigenvalue weighted by atomic mass is 10.1. The third-order valence-electron chi connectivity index (χ3n) is 3.84. The van der Waals surface area contributed by atoms with Gasteiger partial charge in [-0.1, -0.05) is 0 Å². The number of nitrogens with one attached hydrogen (secondary N) is 1. The van der Waals surface area contributed by atoms with Gasteiger partial charge < -0.3 is 4.74 Å². The van der Waals surface area contributed by atoms with Crippen molar-refractivity contribution in [3.63, 3.8) is 0 Å². The topological polar surface area (TPSA) is 89.5 Å². The van der Waals surface area contributed by atoms with Crippen LogP contribution >= 0.6 is 0 Å². The molecule has 1 unspecified atom stereocenters. The molecule has 0 aromatic heterocycles. The Kier molecular flexibility index (Phi) is 5.14. The van der Waals surface area contributed by atoms with Crippen molar-refractivity contribution in [1.82, 2.24) is 4.72 Å². The summed E-state index contributed by atoms with van der Waals surface area (Å²) in [6.45, 7) is 1.95. The fraction of sp³-hybridized carbons (Fsp3) is 0.571. The van der Waals surface area contributed by atoms with Crippen molar-refractivity contribution < 1.29 is 21.6 Å². The lowest BCUT2D eigenvalue weighted by Gasteiger charge is -2.12. The third kappa shape index (κ3) is 4.21. The van der Waals surface area contributed by atoms with Crippen molar-refractivity contribution in [2.45, 2.75) is 24.7 Å². The van der Waals surface area contributed by atoms with E-state index < -0.39 is 19.9 Å². The van der Waals surface area contributed by atoms with Gasteiger partial charge in [-0.25, -0.2) is 21.6 Å². The number of hydrogen-bond donors (Lipinski definition) is 1. The molecule has 0 saturated carbocycles. The number of hydrogen-bond acceptors (Lipinski definition) is 5. The van der Waals surface area contributed by atoms with Crippen LogP contribution in [0.3, 0.4) is 0 Å². The highest BCUT2D eigenvalue weighted by Crippen LogP contribution is 2.23. The zero-order valence-electron chi connectivity index (χ0n) is 12.7. The summed E-state index contributed by atoms with van der Waals surface area (Å²) >= 11 is 0.